The van der Waals surface area contributed by atoms with E-state index < -0.39 is 0 Å². The summed E-state index contributed by atoms with van der Waals surface area (Å²) in [6.07, 6.45) is 5.74. The molecule has 0 saturated carbocycles. The van der Waals surface area contributed by atoms with Crippen LogP contribution < -0.4 is 0 Å². The monoisotopic (exact) mass is 308 g/mol. The number of hydrogen-bond acceptors (Lipinski definition) is 2. The Bertz CT molecular complexity index is 661. The molecule has 0 N–H and O–H groups in total. The van der Waals surface area contributed by atoms with Crippen LogP contribution in [0.15, 0.2) is 42.0 Å². The Labute approximate surface area is 125 Å². The van der Waals surface area contributed by atoms with Crippen LogP contribution in [0.5, 0.6) is 0 Å². The maximum atomic E-state index is 12.9. The molecule has 3 aromatic rings. The zero-order valence-electron chi connectivity index (χ0n) is 10.8. The summed E-state index contributed by atoms with van der Waals surface area (Å²) < 4.78 is 14.9. The average Bonchev–Trinajstić information content (AvgIpc) is 3.01. The highest BCUT2D eigenvalue weighted by Gasteiger charge is 2.12. The lowest BCUT2D eigenvalue weighted by Gasteiger charge is -2.12. The minimum Gasteiger partial charge on any atom is -0.297 e. The van der Waals surface area contributed by atoms with Crippen molar-refractivity contribution < 1.29 is 4.39 Å². The van der Waals surface area contributed by atoms with E-state index in [9.17, 15) is 4.39 Å². The molecule has 1 aromatic carbocycles. The first kappa shape index (κ1) is 13.6. The van der Waals surface area contributed by atoms with E-state index in [0.717, 1.165) is 29.1 Å². The van der Waals surface area contributed by atoms with E-state index in [0.29, 0.717) is 11.8 Å². The summed E-state index contributed by atoms with van der Waals surface area (Å²) in [6.45, 7) is 0. The van der Waals surface area contributed by atoms with Gasteiger partial charge in [-0.1, -0.05) is 12.1 Å². The van der Waals surface area contributed by atoms with Gasteiger partial charge in [-0.2, -0.15) is 0 Å². The maximum Gasteiger partial charge on any atom is 0.193 e. The molecule has 20 heavy (non-hydrogen) atoms. The third-order valence-electron chi connectivity index (χ3n) is 3.30. The number of thiazole rings is 1. The Morgan fingerprint density at radius 3 is 2.75 bits per heavy atom. The number of halogens is 2. The molecule has 0 fully saturated rings. The van der Waals surface area contributed by atoms with Crippen molar-refractivity contribution in [1.29, 1.82) is 0 Å². The molecule has 2 nitrogen and oxygen atoms in total. The van der Waals surface area contributed by atoms with Crippen LogP contribution in [0.25, 0.3) is 4.96 Å². The van der Waals surface area contributed by atoms with E-state index in [1.54, 1.807) is 11.3 Å². The third-order valence-corrected chi connectivity index (χ3v) is 4.50. The van der Waals surface area contributed by atoms with Gasteiger partial charge >= 0.3 is 0 Å². The second kappa shape index (κ2) is 5.94. The lowest BCUT2D eigenvalue weighted by atomic mass is 9.97. The van der Waals surface area contributed by atoms with Gasteiger partial charge < -0.3 is 0 Å². The number of imidazole rings is 1. The van der Waals surface area contributed by atoms with Gasteiger partial charge in [0.15, 0.2) is 4.96 Å². The second-order valence-corrected chi connectivity index (χ2v) is 6.06. The fourth-order valence-electron chi connectivity index (χ4n) is 2.31. The Kier molecular flexibility index (Phi) is 4.03. The van der Waals surface area contributed by atoms with Crippen molar-refractivity contribution in [3.05, 3.63) is 59.1 Å². The van der Waals surface area contributed by atoms with Gasteiger partial charge in [0.25, 0.3) is 0 Å². The predicted octanol–water partition coefficient (Wildman–Crippen LogP) is 4.18. The predicted molar refractivity (Wildman–Crippen MR) is 81.1 cm³/mol. The van der Waals surface area contributed by atoms with Crippen molar-refractivity contribution in [1.82, 2.24) is 9.38 Å². The van der Waals surface area contributed by atoms with Gasteiger partial charge in [-0.05, 0) is 36.5 Å². The highest BCUT2D eigenvalue weighted by atomic mass is 35.5. The molecule has 0 radical (unpaired) electrons. The number of hydrogen-bond donors (Lipinski definition) is 0. The fraction of sp³-hybridized carbons (Fsp3) is 0.267. The summed E-state index contributed by atoms with van der Waals surface area (Å²) in [4.78, 5) is 5.59. The number of benzene rings is 1. The van der Waals surface area contributed by atoms with Crippen LogP contribution in [-0.2, 0) is 12.8 Å². The van der Waals surface area contributed by atoms with E-state index in [1.165, 1.54) is 12.1 Å². The molecule has 5 heteroatoms. The van der Waals surface area contributed by atoms with Gasteiger partial charge in [0.1, 0.15) is 5.82 Å². The normalized spacial score (nSPS) is 12.9. The molecule has 0 spiro atoms. The summed E-state index contributed by atoms with van der Waals surface area (Å²) in [5, 5.41) is 2.02. The Balaban J connectivity index is 1.70. The Morgan fingerprint density at radius 2 is 2.05 bits per heavy atom. The molecular formula is C15H14ClFN2S. The molecule has 0 saturated heterocycles. The van der Waals surface area contributed by atoms with E-state index >= 15 is 0 Å². The van der Waals surface area contributed by atoms with Gasteiger partial charge in [0.05, 0.1) is 5.69 Å². The number of rotatable bonds is 5. The standard InChI is InChI=1S/C15H14ClFN2S/c16-9-12(7-11-1-3-13(17)4-2-11)8-14-10-19-5-6-20-15(19)18-14/h1-6,10,12H,7-9H2. The van der Waals surface area contributed by atoms with E-state index in [2.05, 4.69) is 11.2 Å². The maximum absolute atomic E-state index is 12.9. The molecule has 2 heterocycles. The molecule has 0 amide bonds. The number of alkyl halides is 1. The van der Waals surface area contributed by atoms with Gasteiger partial charge in [-0.15, -0.1) is 22.9 Å². The van der Waals surface area contributed by atoms with Crippen molar-refractivity contribution in [2.75, 3.05) is 5.88 Å². The van der Waals surface area contributed by atoms with Crippen molar-refractivity contribution >= 4 is 27.9 Å². The van der Waals surface area contributed by atoms with Crippen LogP contribution in [0, 0.1) is 11.7 Å². The zero-order chi connectivity index (χ0) is 13.9. The largest absolute Gasteiger partial charge is 0.297 e. The van der Waals surface area contributed by atoms with Crippen LogP contribution in [0.2, 0.25) is 0 Å². The number of aromatic nitrogens is 2. The first-order chi connectivity index (χ1) is 9.74. The van der Waals surface area contributed by atoms with Gasteiger partial charge in [-0.25, -0.2) is 9.37 Å². The second-order valence-electron chi connectivity index (χ2n) is 4.88. The molecule has 1 unspecified atom stereocenters. The first-order valence-corrected chi connectivity index (χ1v) is 7.87. The van der Waals surface area contributed by atoms with Crippen LogP contribution in [0.1, 0.15) is 11.3 Å². The molecular weight excluding hydrogens is 295 g/mol. The quantitative estimate of drug-likeness (QED) is 0.646. The fourth-order valence-corrected chi connectivity index (χ4v) is 3.24. The summed E-state index contributed by atoms with van der Waals surface area (Å²) in [5.74, 6) is 0.681. The molecule has 0 aliphatic heterocycles. The van der Waals surface area contributed by atoms with Gasteiger partial charge in [0, 0.05) is 23.7 Å². The van der Waals surface area contributed by atoms with Crippen molar-refractivity contribution in [3.63, 3.8) is 0 Å². The van der Waals surface area contributed by atoms with E-state index in [1.807, 2.05) is 28.1 Å². The smallest absolute Gasteiger partial charge is 0.193 e. The first-order valence-electron chi connectivity index (χ1n) is 6.46. The van der Waals surface area contributed by atoms with Crippen LogP contribution >= 0.6 is 22.9 Å². The summed E-state index contributed by atoms with van der Waals surface area (Å²) >= 11 is 7.69. The minimum atomic E-state index is -0.203. The molecule has 3 rings (SSSR count). The topological polar surface area (TPSA) is 17.3 Å². The third kappa shape index (κ3) is 3.02. The molecule has 1 atom stereocenters. The van der Waals surface area contributed by atoms with E-state index in [4.69, 9.17) is 11.6 Å². The molecule has 0 bridgehead atoms. The lowest BCUT2D eigenvalue weighted by Crippen LogP contribution is -2.10. The Hall–Kier alpha value is -1.39. The van der Waals surface area contributed by atoms with Crippen LogP contribution in [0.4, 0.5) is 4.39 Å². The summed E-state index contributed by atoms with van der Waals surface area (Å²) in [6, 6.07) is 6.63. The SMILES string of the molecule is Fc1ccc(CC(CCl)Cc2cn3ccsc3n2)cc1. The highest BCUT2D eigenvalue weighted by molar-refractivity contribution is 7.15. The van der Waals surface area contributed by atoms with Gasteiger partial charge in [0.2, 0.25) is 0 Å². The average molecular weight is 309 g/mol. The van der Waals surface area contributed by atoms with Crippen LogP contribution in [-0.4, -0.2) is 15.3 Å². The molecule has 0 aliphatic rings. The highest BCUT2D eigenvalue weighted by Crippen LogP contribution is 2.18. The van der Waals surface area contributed by atoms with Crippen LogP contribution in [0.3, 0.4) is 0 Å². The van der Waals surface area contributed by atoms with Crippen molar-refractivity contribution in [2.45, 2.75) is 12.8 Å². The number of fused-ring (bicyclic) bond motifs is 1. The van der Waals surface area contributed by atoms with Crippen molar-refractivity contribution in [3.8, 4) is 0 Å². The lowest BCUT2D eigenvalue weighted by molar-refractivity contribution is 0.574. The van der Waals surface area contributed by atoms with E-state index in [-0.39, 0.29) is 5.82 Å². The van der Waals surface area contributed by atoms with Gasteiger partial charge in [-0.3, -0.25) is 4.40 Å². The van der Waals surface area contributed by atoms with Crippen molar-refractivity contribution in [2.24, 2.45) is 5.92 Å². The molecule has 2 aromatic heterocycles. The minimum absolute atomic E-state index is 0.203. The Morgan fingerprint density at radius 1 is 1.25 bits per heavy atom. The summed E-state index contributed by atoms with van der Waals surface area (Å²) in [7, 11) is 0. The number of nitrogens with zero attached hydrogens (tertiary/aromatic N) is 2. The summed E-state index contributed by atoms with van der Waals surface area (Å²) in [5.41, 5.74) is 2.17. The zero-order valence-corrected chi connectivity index (χ0v) is 12.4. The molecule has 0 aliphatic carbocycles. The molecule has 104 valence electrons.